The Bertz CT molecular complexity index is 708. The van der Waals surface area contributed by atoms with Crippen LogP contribution in [0.5, 0.6) is 0 Å². The van der Waals surface area contributed by atoms with Crippen LogP contribution in [0.4, 0.5) is 11.4 Å². The van der Waals surface area contributed by atoms with Gasteiger partial charge in [0.2, 0.25) is 0 Å². The Morgan fingerprint density at radius 2 is 2.13 bits per heavy atom. The second kappa shape index (κ2) is 7.58. The van der Waals surface area contributed by atoms with Gasteiger partial charge in [0.05, 0.1) is 17.4 Å². The van der Waals surface area contributed by atoms with E-state index >= 15 is 0 Å². The Hall–Kier alpha value is -2.62. The first kappa shape index (κ1) is 16.7. The molecule has 0 saturated carbocycles. The summed E-state index contributed by atoms with van der Waals surface area (Å²) in [6, 6.07) is 8.06. The van der Waals surface area contributed by atoms with E-state index in [4.69, 9.17) is 0 Å². The van der Waals surface area contributed by atoms with Gasteiger partial charge in [-0.1, -0.05) is 38.1 Å². The van der Waals surface area contributed by atoms with Gasteiger partial charge in [-0.2, -0.15) is 0 Å². The molecule has 0 spiro atoms. The number of nitrogens with zero attached hydrogens (tertiary/aromatic N) is 1. The fourth-order valence-corrected chi connectivity index (χ4v) is 2.39. The molecule has 1 aromatic heterocycles. The average molecular weight is 309 g/mol. The van der Waals surface area contributed by atoms with E-state index in [-0.39, 0.29) is 5.91 Å². The van der Waals surface area contributed by atoms with Gasteiger partial charge in [0.1, 0.15) is 0 Å². The maximum Gasteiger partial charge on any atom is 0.253 e. The molecule has 2 aromatic rings. The molecule has 0 fully saturated rings. The number of aryl methyl sites for hydroxylation is 1. The van der Waals surface area contributed by atoms with Crippen LogP contribution in [0.3, 0.4) is 0 Å². The first-order valence-corrected chi connectivity index (χ1v) is 7.73. The summed E-state index contributed by atoms with van der Waals surface area (Å²) in [6.07, 6.45) is 4.93. The van der Waals surface area contributed by atoms with Gasteiger partial charge in [0.25, 0.3) is 5.91 Å². The number of carbonyl (C=O) groups excluding carboxylic acids is 1. The van der Waals surface area contributed by atoms with E-state index < -0.39 is 0 Å². The number of carbonyl (C=O) groups is 1. The van der Waals surface area contributed by atoms with Crippen molar-refractivity contribution in [2.24, 2.45) is 0 Å². The molecule has 0 radical (unpaired) electrons. The molecule has 120 valence electrons. The van der Waals surface area contributed by atoms with Crippen molar-refractivity contribution in [3.05, 3.63) is 66.0 Å². The molecule has 1 amide bonds. The number of amides is 1. The Labute approximate surface area is 137 Å². The standard InChI is InChI=1S/C19H23N3O/c1-5-9-21-19(23)15-10-16(12-20-11-15)22-18-14(4)7-6-8-17(18)13(2)3/h5-8,10-13,22H,1,9H2,2-4H3,(H,21,23). The quantitative estimate of drug-likeness (QED) is 0.787. The molecule has 2 N–H and O–H groups in total. The topological polar surface area (TPSA) is 54.0 Å². The number of nitrogens with one attached hydrogen (secondary N) is 2. The summed E-state index contributed by atoms with van der Waals surface area (Å²) in [6.45, 7) is 10.4. The van der Waals surface area contributed by atoms with Crippen LogP contribution in [0.2, 0.25) is 0 Å². The van der Waals surface area contributed by atoms with Gasteiger partial charge in [-0.3, -0.25) is 9.78 Å². The van der Waals surface area contributed by atoms with E-state index in [1.54, 1.807) is 18.5 Å². The highest BCUT2D eigenvalue weighted by Gasteiger charge is 2.11. The number of hydrogen-bond donors (Lipinski definition) is 2. The first-order chi connectivity index (χ1) is 11.0. The van der Waals surface area contributed by atoms with Crippen LogP contribution < -0.4 is 10.6 Å². The molecular formula is C19H23N3O. The predicted molar refractivity (Wildman–Crippen MR) is 95.3 cm³/mol. The lowest BCUT2D eigenvalue weighted by Gasteiger charge is -2.17. The highest BCUT2D eigenvalue weighted by molar-refractivity contribution is 5.95. The molecule has 1 heterocycles. The predicted octanol–water partition coefficient (Wildman–Crippen LogP) is 4.17. The lowest BCUT2D eigenvalue weighted by Crippen LogP contribution is -2.23. The van der Waals surface area contributed by atoms with E-state index in [2.05, 4.69) is 61.2 Å². The Balaban J connectivity index is 2.28. The molecule has 2 rings (SSSR count). The van der Waals surface area contributed by atoms with Crippen molar-refractivity contribution in [3.8, 4) is 0 Å². The van der Waals surface area contributed by atoms with Crippen molar-refractivity contribution in [2.45, 2.75) is 26.7 Å². The molecule has 0 bridgehead atoms. The number of anilines is 2. The van der Waals surface area contributed by atoms with Crippen molar-refractivity contribution >= 4 is 17.3 Å². The smallest absolute Gasteiger partial charge is 0.253 e. The lowest BCUT2D eigenvalue weighted by molar-refractivity contribution is 0.0957. The lowest BCUT2D eigenvalue weighted by atomic mass is 9.98. The monoisotopic (exact) mass is 309 g/mol. The van der Waals surface area contributed by atoms with Crippen LogP contribution in [-0.2, 0) is 0 Å². The molecule has 0 saturated heterocycles. The molecule has 0 aliphatic carbocycles. The third kappa shape index (κ3) is 4.19. The molecule has 1 aromatic carbocycles. The number of para-hydroxylation sites is 1. The fourth-order valence-electron chi connectivity index (χ4n) is 2.39. The van der Waals surface area contributed by atoms with Crippen LogP contribution in [0.1, 0.15) is 41.3 Å². The molecule has 0 atom stereocenters. The summed E-state index contributed by atoms with van der Waals surface area (Å²) in [7, 11) is 0. The van der Waals surface area contributed by atoms with Crippen LogP contribution in [0.15, 0.2) is 49.3 Å². The highest BCUT2D eigenvalue weighted by atomic mass is 16.1. The number of aromatic nitrogens is 1. The zero-order valence-corrected chi connectivity index (χ0v) is 13.9. The maximum atomic E-state index is 12.0. The third-order valence-corrected chi connectivity index (χ3v) is 3.60. The van der Waals surface area contributed by atoms with Crippen LogP contribution in [0, 0.1) is 6.92 Å². The van der Waals surface area contributed by atoms with E-state index in [1.807, 2.05) is 6.07 Å². The molecule has 0 aliphatic heterocycles. The van der Waals surface area contributed by atoms with E-state index in [1.165, 1.54) is 5.56 Å². The molecular weight excluding hydrogens is 286 g/mol. The SMILES string of the molecule is C=CCNC(=O)c1cncc(Nc2c(C)cccc2C(C)C)c1. The molecule has 4 heteroatoms. The highest BCUT2D eigenvalue weighted by Crippen LogP contribution is 2.30. The Morgan fingerprint density at radius 1 is 1.35 bits per heavy atom. The van der Waals surface area contributed by atoms with Gasteiger partial charge in [-0.25, -0.2) is 0 Å². The molecule has 0 unspecified atom stereocenters. The maximum absolute atomic E-state index is 12.0. The number of rotatable bonds is 6. The Kier molecular flexibility index (Phi) is 5.52. The molecule has 23 heavy (non-hydrogen) atoms. The number of pyridine rings is 1. The number of hydrogen-bond acceptors (Lipinski definition) is 3. The van der Waals surface area contributed by atoms with Gasteiger partial charge >= 0.3 is 0 Å². The van der Waals surface area contributed by atoms with Gasteiger partial charge in [0, 0.05) is 18.4 Å². The summed E-state index contributed by atoms with van der Waals surface area (Å²) in [5.41, 5.74) is 4.81. The third-order valence-electron chi connectivity index (χ3n) is 3.60. The van der Waals surface area contributed by atoms with Crippen molar-refractivity contribution in [1.82, 2.24) is 10.3 Å². The van der Waals surface area contributed by atoms with Crippen molar-refractivity contribution in [3.63, 3.8) is 0 Å². The second-order valence-corrected chi connectivity index (χ2v) is 5.78. The average Bonchev–Trinajstić information content (AvgIpc) is 2.54. The van der Waals surface area contributed by atoms with Gasteiger partial charge in [-0.05, 0) is 30.0 Å². The second-order valence-electron chi connectivity index (χ2n) is 5.78. The van der Waals surface area contributed by atoms with Gasteiger partial charge in [-0.15, -0.1) is 6.58 Å². The minimum absolute atomic E-state index is 0.157. The van der Waals surface area contributed by atoms with E-state index in [0.717, 1.165) is 16.9 Å². The zero-order chi connectivity index (χ0) is 16.8. The van der Waals surface area contributed by atoms with Crippen LogP contribution in [-0.4, -0.2) is 17.4 Å². The minimum Gasteiger partial charge on any atom is -0.354 e. The fraction of sp³-hybridized carbons (Fsp3) is 0.263. The largest absolute Gasteiger partial charge is 0.354 e. The van der Waals surface area contributed by atoms with Crippen molar-refractivity contribution in [1.29, 1.82) is 0 Å². The summed E-state index contributed by atoms with van der Waals surface area (Å²) < 4.78 is 0. The van der Waals surface area contributed by atoms with Crippen LogP contribution in [0.25, 0.3) is 0 Å². The van der Waals surface area contributed by atoms with E-state index in [0.29, 0.717) is 18.0 Å². The van der Waals surface area contributed by atoms with Crippen molar-refractivity contribution in [2.75, 3.05) is 11.9 Å². The zero-order valence-electron chi connectivity index (χ0n) is 13.9. The van der Waals surface area contributed by atoms with Crippen molar-refractivity contribution < 1.29 is 4.79 Å². The summed E-state index contributed by atoms with van der Waals surface area (Å²) in [5, 5.41) is 6.17. The molecule has 4 nitrogen and oxygen atoms in total. The molecule has 0 aliphatic rings. The summed E-state index contributed by atoms with van der Waals surface area (Å²) in [4.78, 5) is 16.2. The minimum atomic E-state index is -0.157. The van der Waals surface area contributed by atoms with E-state index in [9.17, 15) is 4.79 Å². The first-order valence-electron chi connectivity index (χ1n) is 7.73. The van der Waals surface area contributed by atoms with Crippen LogP contribution >= 0.6 is 0 Å². The summed E-state index contributed by atoms with van der Waals surface area (Å²) in [5.74, 6) is 0.249. The summed E-state index contributed by atoms with van der Waals surface area (Å²) >= 11 is 0. The number of benzene rings is 1. The van der Waals surface area contributed by atoms with Gasteiger partial charge in [0.15, 0.2) is 0 Å². The Morgan fingerprint density at radius 3 is 2.83 bits per heavy atom. The van der Waals surface area contributed by atoms with Gasteiger partial charge < -0.3 is 10.6 Å². The normalized spacial score (nSPS) is 10.4.